The third-order valence-electron chi connectivity index (χ3n) is 2.87. The largest absolute Gasteiger partial charge is 0.573 e. The fourth-order valence-corrected chi connectivity index (χ4v) is 3.35. The normalized spacial score (nSPS) is 12.6. The van der Waals surface area contributed by atoms with Crippen molar-refractivity contribution in [3.05, 3.63) is 53.1 Å². The Morgan fingerprint density at radius 2 is 1.92 bits per heavy atom. The number of aromatic nitrogens is 1. The second-order valence-electron chi connectivity index (χ2n) is 4.56. The molecule has 0 amide bonds. The fourth-order valence-electron chi connectivity index (χ4n) is 1.91. The highest BCUT2D eigenvalue weighted by molar-refractivity contribution is 7.22. The van der Waals surface area contributed by atoms with Crippen LogP contribution >= 0.6 is 34.5 Å². The first-order valence-corrected chi connectivity index (χ1v) is 8.04. The molecule has 0 N–H and O–H groups in total. The Bertz CT molecular complexity index is 924. The Kier molecular flexibility index (Phi) is 4.67. The summed E-state index contributed by atoms with van der Waals surface area (Å²) in [4.78, 5) is 8.39. The maximum atomic E-state index is 12.3. The van der Waals surface area contributed by atoms with Gasteiger partial charge in [0.15, 0.2) is 0 Å². The molecule has 1 aromatic heterocycles. The van der Waals surface area contributed by atoms with Gasteiger partial charge in [0.25, 0.3) is 0 Å². The van der Waals surface area contributed by atoms with Gasteiger partial charge in [-0.15, -0.1) is 13.2 Å². The van der Waals surface area contributed by atoms with Gasteiger partial charge < -0.3 is 4.74 Å². The third kappa shape index (κ3) is 3.98. The topological polar surface area (TPSA) is 34.5 Å². The zero-order chi connectivity index (χ0) is 17.3. The average Bonchev–Trinajstić information content (AvgIpc) is 2.87. The lowest BCUT2D eigenvalue weighted by atomic mass is 10.2. The Labute approximate surface area is 148 Å². The maximum absolute atomic E-state index is 12.3. The van der Waals surface area contributed by atoms with Crippen LogP contribution in [0, 0.1) is 0 Å². The van der Waals surface area contributed by atoms with Crippen molar-refractivity contribution in [3.8, 4) is 5.75 Å². The van der Waals surface area contributed by atoms with E-state index in [2.05, 4.69) is 14.7 Å². The molecule has 0 aliphatic carbocycles. The van der Waals surface area contributed by atoms with Crippen molar-refractivity contribution >= 4 is 55.1 Å². The molecule has 0 saturated heterocycles. The van der Waals surface area contributed by atoms with E-state index in [9.17, 15) is 13.2 Å². The summed E-state index contributed by atoms with van der Waals surface area (Å²) in [6.45, 7) is 0. The molecule has 3 aromatic rings. The van der Waals surface area contributed by atoms with Crippen LogP contribution in [-0.2, 0) is 0 Å². The SMILES string of the molecule is FC(F)(F)Oc1ccc2nc(N=C(Cl)c3ccccc3Cl)sc2c1. The number of thiazole rings is 1. The standard InChI is InChI=1S/C15H7Cl2F3N2OS/c16-10-4-2-1-3-9(10)13(17)22-14-21-11-6-5-8(7-12(11)24-14)23-15(18,19)20/h1-7H. The van der Waals surface area contributed by atoms with E-state index < -0.39 is 6.36 Å². The number of fused-ring (bicyclic) bond motifs is 1. The molecule has 0 aliphatic rings. The first-order valence-electron chi connectivity index (χ1n) is 6.47. The molecule has 24 heavy (non-hydrogen) atoms. The molecule has 0 fully saturated rings. The van der Waals surface area contributed by atoms with Gasteiger partial charge in [0.05, 0.1) is 15.2 Å². The predicted octanol–water partition coefficient (Wildman–Crippen LogP) is 6.17. The highest BCUT2D eigenvalue weighted by Crippen LogP contribution is 2.33. The number of halogens is 5. The van der Waals surface area contributed by atoms with Crippen LogP contribution in [0.3, 0.4) is 0 Å². The number of aliphatic imine (C=N–C) groups is 1. The molecular weight excluding hydrogens is 384 g/mol. The lowest BCUT2D eigenvalue weighted by Gasteiger charge is -2.07. The van der Waals surface area contributed by atoms with E-state index in [0.29, 0.717) is 25.9 Å². The van der Waals surface area contributed by atoms with E-state index in [4.69, 9.17) is 23.2 Å². The molecule has 1 heterocycles. The quantitative estimate of drug-likeness (QED) is 0.501. The van der Waals surface area contributed by atoms with Gasteiger partial charge in [-0.3, -0.25) is 0 Å². The summed E-state index contributed by atoms with van der Waals surface area (Å²) < 4.78 is 41.2. The van der Waals surface area contributed by atoms with Crippen LogP contribution in [0.25, 0.3) is 10.2 Å². The van der Waals surface area contributed by atoms with Crippen molar-refractivity contribution in [2.75, 3.05) is 0 Å². The zero-order valence-electron chi connectivity index (χ0n) is 11.6. The number of hydrogen-bond donors (Lipinski definition) is 0. The van der Waals surface area contributed by atoms with E-state index in [0.717, 1.165) is 11.3 Å². The Morgan fingerprint density at radius 3 is 2.62 bits per heavy atom. The summed E-state index contributed by atoms with van der Waals surface area (Å²) in [6.07, 6.45) is -4.74. The van der Waals surface area contributed by atoms with Crippen molar-refractivity contribution in [1.29, 1.82) is 0 Å². The Morgan fingerprint density at radius 1 is 1.17 bits per heavy atom. The minimum absolute atomic E-state index is 0.145. The lowest BCUT2D eigenvalue weighted by molar-refractivity contribution is -0.274. The van der Waals surface area contributed by atoms with Crippen LogP contribution in [0.4, 0.5) is 18.3 Å². The lowest BCUT2D eigenvalue weighted by Crippen LogP contribution is -2.16. The van der Waals surface area contributed by atoms with Crippen molar-refractivity contribution in [3.63, 3.8) is 0 Å². The number of rotatable bonds is 3. The van der Waals surface area contributed by atoms with Gasteiger partial charge in [0, 0.05) is 11.6 Å². The molecule has 0 bridgehead atoms. The van der Waals surface area contributed by atoms with Gasteiger partial charge in [-0.25, -0.2) is 9.98 Å². The number of nitrogens with zero attached hydrogens (tertiary/aromatic N) is 2. The maximum Gasteiger partial charge on any atom is 0.573 e. The highest BCUT2D eigenvalue weighted by atomic mass is 35.5. The van der Waals surface area contributed by atoms with Gasteiger partial charge in [-0.1, -0.05) is 52.7 Å². The van der Waals surface area contributed by atoms with Crippen LogP contribution in [0.15, 0.2) is 47.5 Å². The summed E-state index contributed by atoms with van der Waals surface area (Å²) >= 11 is 13.3. The van der Waals surface area contributed by atoms with Crippen molar-refractivity contribution in [1.82, 2.24) is 4.98 Å². The van der Waals surface area contributed by atoms with Crippen LogP contribution in [-0.4, -0.2) is 16.5 Å². The molecule has 124 valence electrons. The van der Waals surface area contributed by atoms with E-state index in [-0.39, 0.29) is 10.9 Å². The Balaban J connectivity index is 1.93. The summed E-state index contributed by atoms with van der Waals surface area (Å²) in [5, 5.41) is 0.888. The number of hydrogen-bond acceptors (Lipinski definition) is 4. The molecule has 9 heteroatoms. The summed E-state index contributed by atoms with van der Waals surface area (Å²) in [7, 11) is 0. The predicted molar refractivity (Wildman–Crippen MR) is 89.8 cm³/mol. The van der Waals surface area contributed by atoms with E-state index in [1.165, 1.54) is 18.2 Å². The number of benzene rings is 2. The van der Waals surface area contributed by atoms with Gasteiger partial charge in [0.1, 0.15) is 10.9 Å². The summed E-state index contributed by atoms with van der Waals surface area (Å²) in [5.41, 5.74) is 1.04. The van der Waals surface area contributed by atoms with Crippen LogP contribution < -0.4 is 4.74 Å². The molecule has 0 atom stereocenters. The molecule has 2 aromatic carbocycles. The van der Waals surface area contributed by atoms with Gasteiger partial charge >= 0.3 is 6.36 Å². The highest BCUT2D eigenvalue weighted by Gasteiger charge is 2.31. The molecule has 0 radical (unpaired) electrons. The van der Waals surface area contributed by atoms with E-state index in [1.54, 1.807) is 24.3 Å². The second-order valence-corrected chi connectivity index (χ2v) is 6.33. The average molecular weight is 391 g/mol. The van der Waals surface area contributed by atoms with Crippen molar-refractivity contribution < 1.29 is 17.9 Å². The van der Waals surface area contributed by atoms with E-state index in [1.807, 2.05) is 0 Å². The van der Waals surface area contributed by atoms with E-state index >= 15 is 0 Å². The molecule has 0 spiro atoms. The van der Waals surface area contributed by atoms with Gasteiger partial charge in [0.2, 0.25) is 5.13 Å². The second kappa shape index (κ2) is 6.58. The molecule has 0 saturated carbocycles. The van der Waals surface area contributed by atoms with Gasteiger partial charge in [-0.2, -0.15) is 0 Å². The number of alkyl halides is 3. The fraction of sp³-hybridized carbons (Fsp3) is 0.0667. The minimum atomic E-state index is -4.74. The van der Waals surface area contributed by atoms with Crippen LogP contribution in [0.5, 0.6) is 5.75 Å². The first kappa shape index (κ1) is 17.0. The van der Waals surface area contributed by atoms with Crippen molar-refractivity contribution in [2.45, 2.75) is 6.36 Å². The zero-order valence-corrected chi connectivity index (χ0v) is 14.0. The smallest absolute Gasteiger partial charge is 0.406 e. The number of ether oxygens (including phenoxy) is 1. The minimum Gasteiger partial charge on any atom is -0.406 e. The molecule has 3 rings (SSSR count). The summed E-state index contributed by atoms with van der Waals surface area (Å²) in [6, 6.07) is 10.8. The molecular formula is C15H7Cl2F3N2OS. The molecule has 0 unspecified atom stereocenters. The molecule has 0 aliphatic heterocycles. The van der Waals surface area contributed by atoms with Crippen LogP contribution in [0.1, 0.15) is 5.56 Å². The third-order valence-corrected chi connectivity index (χ3v) is 4.40. The van der Waals surface area contributed by atoms with Crippen molar-refractivity contribution in [2.24, 2.45) is 4.99 Å². The Hall–Kier alpha value is -1.83. The molecule has 3 nitrogen and oxygen atoms in total. The monoisotopic (exact) mass is 390 g/mol. The summed E-state index contributed by atoms with van der Waals surface area (Å²) in [5.74, 6) is -0.314. The first-order chi connectivity index (χ1) is 11.3. The van der Waals surface area contributed by atoms with Gasteiger partial charge in [-0.05, 0) is 18.2 Å². The van der Waals surface area contributed by atoms with Crippen LogP contribution in [0.2, 0.25) is 5.02 Å².